The van der Waals surface area contributed by atoms with Gasteiger partial charge in [0.25, 0.3) is 8.32 Å². The first-order valence-corrected chi connectivity index (χ1v) is 11.3. The normalized spacial score (nSPS) is 21.0. The molecule has 1 N–H and O–H groups in total. The number of aliphatic hydroxyl groups is 1. The highest BCUT2D eigenvalue weighted by Crippen LogP contribution is 2.40. The molecule has 2 aromatic rings. The average Bonchev–Trinajstić information content (AvgIpc) is 2.58. The van der Waals surface area contributed by atoms with Gasteiger partial charge in [-0.25, -0.2) is 0 Å². The van der Waals surface area contributed by atoms with E-state index in [4.69, 9.17) is 4.43 Å². The molecule has 0 radical (unpaired) electrons. The van der Waals surface area contributed by atoms with Gasteiger partial charge in [0.15, 0.2) is 0 Å². The number of rotatable bonds is 6. The second kappa shape index (κ2) is 7.44. The van der Waals surface area contributed by atoms with Gasteiger partial charge in [-0.2, -0.15) is 0 Å². The van der Waals surface area contributed by atoms with Crippen molar-refractivity contribution in [3.8, 4) is 0 Å². The highest BCUT2D eigenvalue weighted by molar-refractivity contribution is 6.99. The summed E-state index contributed by atoms with van der Waals surface area (Å²) < 4.78 is 6.93. The van der Waals surface area contributed by atoms with Crippen molar-refractivity contribution in [3.05, 3.63) is 60.7 Å². The molecular weight excluding hydrogens is 324 g/mol. The largest absolute Gasteiger partial charge is 0.407 e. The zero-order chi connectivity index (χ0) is 17.9. The minimum atomic E-state index is -2.42. The van der Waals surface area contributed by atoms with E-state index in [0.29, 0.717) is 11.8 Å². The predicted octanol–water partition coefficient (Wildman–Crippen LogP) is 3.58. The van der Waals surface area contributed by atoms with Gasteiger partial charge < -0.3 is 9.53 Å². The number of aliphatic hydroxyl groups excluding tert-OH is 1. The summed E-state index contributed by atoms with van der Waals surface area (Å²) in [4.78, 5) is 0. The maximum Gasteiger partial charge on any atom is 0.261 e. The molecule has 1 saturated carbocycles. The van der Waals surface area contributed by atoms with Crippen molar-refractivity contribution in [2.45, 2.75) is 38.7 Å². The molecule has 0 bridgehead atoms. The molecule has 1 aliphatic carbocycles. The SMILES string of the molecule is CC(C)(C)[Si](OC[C@@H]1CC[C@H]1CO)(c1ccccc1)c1ccccc1. The maximum absolute atomic E-state index is 9.54. The first-order valence-electron chi connectivity index (χ1n) is 9.35. The second-order valence-corrected chi connectivity index (χ2v) is 12.6. The molecule has 1 fully saturated rings. The van der Waals surface area contributed by atoms with Crippen LogP contribution in [0.5, 0.6) is 0 Å². The Balaban J connectivity index is 2.03. The van der Waals surface area contributed by atoms with Gasteiger partial charge in [0.2, 0.25) is 0 Å². The van der Waals surface area contributed by atoms with Crippen molar-refractivity contribution in [1.82, 2.24) is 0 Å². The van der Waals surface area contributed by atoms with Crippen LogP contribution in [-0.2, 0) is 4.43 Å². The van der Waals surface area contributed by atoms with E-state index in [1.807, 2.05) is 0 Å². The lowest BCUT2D eigenvalue weighted by atomic mass is 9.75. The highest BCUT2D eigenvalue weighted by Gasteiger charge is 2.50. The van der Waals surface area contributed by atoms with Crippen LogP contribution in [0.3, 0.4) is 0 Å². The number of hydrogen-bond acceptors (Lipinski definition) is 2. The van der Waals surface area contributed by atoms with Crippen LogP contribution in [0.1, 0.15) is 33.6 Å². The molecule has 2 nitrogen and oxygen atoms in total. The fourth-order valence-corrected chi connectivity index (χ4v) is 8.71. The van der Waals surface area contributed by atoms with Crippen LogP contribution in [0.15, 0.2) is 60.7 Å². The number of benzene rings is 2. The van der Waals surface area contributed by atoms with E-state index in [1.54, 1.807) is 0 Å². The predicted molar refractivity (Wildman–Crippen MR) is 107 cm³/mol. The van der Waals surface area contributed by atoms with Crippen molar-refractivity contribution >= 4 is 18.7 Å². The summed E-state index contributed by atoms with van der Waals surface area (Å²) in [5.74, 6) is 0.907. The lowest BCUT2D eigenvalue weighted by molar-refractivity contribution is 0.0509. The molecule has 25 heavy (non-hydrogen) atoms. The van der Waals surface area contributed by atoms with Crippen LogP contribution >= 0.6 is 0 Å². The standard InChI is InChI=1S/C22H30O2Si/c1-22(2,3)25(20-10-6-4-7-11-20,21-12-8-5-9-13-21)24-17-19-15-14-18(19)16-23/h4-13,18-19,23H,14-17H2,1-3H3/t18-,19-/m0/s1. The lowest BCUT2D eigenvalue weighted by Crippen LogP contribution is -2.67. The minimum Gasteiger partial charge on any atom is -0.407 e. The Morgan fingerprint density at radius 1 is 0.880 bits per heavy atom. The van der Waals surface area contributed by atoms with E-state index in [1.165, 1.54) is 16.8 Å². The van der Waals surface area contributed by atoms with Crippen molar-refractivity contribution in [2.24, 2.45) is 11.8 Å². The lowest BCUT2D eigenvalue weighted by Gasteiger charge is -2.45. The molecule has 134 valence electrons. The fraction of sp³-hybridized carbons (Fsp3) is 0.455. The van der Waals surface area contributed by atoms with Crippen molar-refractivity contribution in [3.63, 3.8) is 0 Å². The summed E-state index contributed by atoms with van der Waals surface area (Å²) in [7, 11) is -2.42. The van der Waals surface area contributed by atoms with Crippen LogP contribution in [-0.4, -0.2) is 26.6 Å². The molecular formula is C22H30O2Si. The van der Waals surface area contributed by atoms with Crippen molar-refractivity contribution in [1.29, 1.82) is 0 Å². The summed E-state index contributed by atoms with van der Waals surface area (Å²) in [6.45, 7) is 7.96. The van der Waals surface area contributed by atoms with Gasteiger partial charge in [0.1, 0.15) is 0 Å². The molecule has 0 amide bonds. The van der Waals surface area contributed by atoms with E-state index < -0.39 is 8.32 Å². The minimum absolute atomic E-state index is 0.0220. The summed E-state index contributed by atoms with van der Waals surface area (Å²) in [5, 5.41) is 12.2. The third-order valence-corrected chi connectivity index (χ3v) is 10.7. The molecule has 0 aliphatic heterocycles. The Morgan fingerprint density at radius 2 is 1.36 bits per heavy atom. The molecule has 2 aromatic carbocycles. The van der Waals surface area contributed by atoms with Crippen LogP contribution < -0.4 is 10.4 Å². The van der Waals surface area contributed by atoms with Crippen LogP contribution in [0.2, 0.25) is 5.04 Å². The van der Waals surface area contributed by atoms with Gasteiger partial charge >= 0.3 is 0 Å². The molecule has 3 heteroatoms. The quantitative estimate of drug-likeness (QED) is 0.804. The van der Waals surface area contributed by atoms with E-state index in [-0.39, 0.29) is 11.6 Å². The van der Waals surface area contributed by atoms with Gasteiger partial charge in [0, 0.05) is 13.2 Å². The fourth-order valence-electron chi connectivity index (χ4n) is 4.09. The van der Waals surface area contributed by atoms with Crippen molar-refractivity contribution in [2.75, 3.05) is 13.2 Å². The van der Waals surface area contributed by atoms with E-state index in [0.717, 1.165) is 13.0 Å². The molecule has 0 saturated heterocycles. The molecule has 0 spiro atoms. The molecule has 0 unspecified atom stereocenters. The second-order valence-electron chi connectivity index (χ2n) is 8.25. The maximum atomic E-state index is 9.54. The molecule has 3 rings (SSSR count). The first-order chi connectivity index (χ1) is 12.0. The van der Waals surface area contributed by atoms with Crippen LogP contribution in [0.4, 0.5) is 0 Å². The van der Waals surface area contributed by atoms with Gasteiger partial charge in [-0.15, -0.1) is 0 Å². The summed E-state index contributed by atoms with van der Waals surface area (Å²) in [6, 6.07) is 21.6. The highest BCUT2D eigenvalue weighted by atomic mass is 28.4. The third-order valence-electron chi connectivity index (χ3n) is 5.74. The van der Waals surface area contributed by atoms with Crippen molar-refractivity contribution < 1.29 is 9.53 Å². The number of hydrogen-bond donors (Lipinski definition) is 1. The Hall–Kier alpha value is -1.42. The van der Waals surface area contributed by atoms with Crippen LogP contribution in [0, 0.1) is 11.8 Å². The van der Waals surface area contributed by atoms with Gasteiger partial charge in [0.05, 0.1) is 0 Å². The van der Waals surface area contributed by atoms with Gasteiger partial charge in [-0.3, -0.25) is 0 Å². The Bertz CT molecular complexity index is 622. The Labute approximate surface area is 153 Å². The van der Waals surface area contributed by atoms with E-state index >= 15 is 0 Å². The Kier molecular flexibility index (Phi) is 5.47. The monoisotopic (exact) mass is 354 g/mol. The summed E-state index contributed by atoms with van der Waals surface area (Å²) in [6.07, 6.45) is 2.30. The van der Waals surface area contributed by atoms with Gasteiger partial charge in [-0.05, 0) is 40.1 Å². The molecule has 1 aliphatic rings. The molecule has 0 aromatic heterocycles. The summed E-state index contributed by atoms with van der Waals surface area (Å²) >= 11 is 0. The zero-order valence-electron chi connectivity index (χ0n) is 15.6. The first kappa shape index (κ1) is 18.4. The van der Waals surface area contributed by atoms with E-state index in [2.05, 4.69) is 81.4 Å². The summed E-state index contributed by atoms with van der Waals surface area (Å²) in [5.41, 5.74) is 0. The van der Waals surface area contributed by atoms with Crippen LogP contribution in [0.25, 0.3) is 0 Å². The smallest absolute Gasteiger partial charge is 0.261 e. The van der Waals surface area contributed by atoms with Gasteiger partial charge in [-0.1, -0.05) is 81.4 Å². The molecule has 2 atom stereocenters. The topological polar surface area (TPSA) is 29.5 Å². The molecule has 0 heterocycles. The van der Waals surface area contributed by atoms with E-state index in [9.17, 15) is 5.11 Å². The zero-order valence-corrected chi connectivity index (χ0v) is 16.6. The third kappa shape index (κ3) is 3.46. The Morgan fingerprint density at radius 3 is 1.72 bits per heavy atom. The average molecular weight is 355 g/mol.